The van der Waals surface area contributed by atoms with Crippen LogP contribution in [0.5, 0.6) is 0 Å². The van der Waals surface area contributed by atoms with Crippen molar-refractivity contribution in [2.24, 2.45) is 5.92 Å². The summed E-state index contributed by atoms with van der Waals surface area (Å²) in [6.45, 7) is 0.532. The Balaban J connectivity index is 1.61. The second kappa shape index (κ2) is 11.3. The normalized spacial score (nSPS) is 39.9. The highest BCUT2D eigenvalue weighted by molar-refractivity contribution is 5.91. The van der Waals surface area contributed by atoms with Crippen LogP contribution in [-0.2, 0) is 33.3 Å². The molecule has 0 bridgehead atoms. The number of carbonyl (C=O) groups excluding carboxylic acids is 2. The molecule has 1 aromatic carbocycles. The molecule has 13 nitrogen and oxygen atoms in total. The largest absolute Gasteiger partial charge is 0.471 e. The minimum absolute atomic E-state index is 0.373. The Morgan fingerprint density at radius 2 is 1.77 bits per heavy atom. The standard InChI is InChI=1S/C26H32O13/c1-25(33)16(38-17(28)9-8-13-6-4-3-5-7-13)10-26(34)14(22(32)35-2)12-36-24(21(25)26)39-23-20(31)19(30)18(29)15(11-27)37-23/h3-9,12,15-16,18-21,23-24,27,29-31,33-34H,10-11H2,1-2H3/t15-,16+,18-,19+,20-,21+,23+,24+,25+,26+/m1/s1. The maximum atomic E-state index is 12.6. The minimum Gasteiger partial charge on any atom is -0.471 e. The maximum absolute atomic E-state index is 12.6. The number of hydrogen-bond acceptors (Lipinski definition) is 13. The second-order valence-electron chi connectivity index (χ2n) is 9.86. The van der Waals surface area contributed by atoms with Crippen LogP contribution >= 0.6 is 0 Å². The SMILES string of the molecule is COC(=O)C1=CO[C@@H](O[C@@H]2O[C@H](CO)[C@@H](O)[C@H](O)[C@H]2O)[C@H]2[C@@](C)(O)[C@@H](OC(=O)C=Cc3ccccc3)C[C@]12O. The molecule has 1 aromatic rings. The van der Waals surface area contributed by atoms with Gasteiger partial charge in [-0.05, 0) is 18.6 Å². The fourth-order valence-corrected chi connectivity index (χ4v) is 5.22. The fraction of sp³-hybridized carbons (Fsp3) is 0.538. The van der Waals surface area contributed by atoms with E-state index in [2.05, 4.69) is 0 Å². The first-order valence-electron chi connectivity index (χ1n) is 12.2. The molecule has 13 heteroatoms. The van der Waals surface area contributed by atoms with E-state index in [1.165, 1.54) is 13.0 Å². The summed E-state index contributed by atoms with van der Waals surface area (Å²) in [6, 6.07) is 8.90. The summed E-state index contributed by atoms with van der Waals surface area (Å²) in [4.78, 5) is 25.1. The van der Waals surface area contributed by atoms with Crippen LogP contribution in [0.4, 0.5) is 0 Å². The molecular formula is C26H32O13. The summed E-state index contributed by atoms with van der Waals surface area (Å²) in [5.41, 5.74) is -3.92. The molecule has 0 amide bonds. The highest BCUT2D eigenvalue weighted by Crippen LogP contribution is 2.53. The third-order valence-electron chi connectivity index (χ3n) is 7.34. The number of rotatable bonds is 7. The van der Waals surface area contributed by atoms with E-state index in [4.69, 9.17) is 23.7 Å². The Kier molecular flexibility index (Phi) is 8.44. The first kappa shape index (κ1) is 29.1. The molecule has 2 aliphatic heterocycles. The molecular weight excluding hydrogens is 520 g/mol. The van der Waals surface area contributed by atoms with E-state index in [1.807, 2.05) is 6.07 Å². The summed E-state index contributed by atoms with van der Waals surface area (Å²) in [6.07, 6.45) is -8.13. The Morgan fingerprint density at radius 1 is 1.08 bits per heavy atom. The summed E-state index contributed by atoms with van der Waals surface area (Å²) < 4.78 is 26.8. The van der Waals surface area contributed by atoms with E-state index in [1.54, 1.807) is 24.3 Å². The molecule has 4 rings (SSSR count). The predicted octanol–water partition coefficient (Wildman–Crippen LogP) is -1.66. The highest BCUT2D eigenvalue weighted by Gasteiger charge is 2.69. The molecule has 0 radical (unpaired) electrons. The van der Waals surface area contributed by atoms with Crippen LogP contribution in [0.25, 0.3) is 6.08 Å². The van der Waals surface area contributed by atoms with Crippen molar-refractivity contribution >= 4 is 18.0 Å². The maximum Gasteiger partial charge on any atom is 0.339 e. The van der Waals surface area contributed by atoms with Crippen molar-refractivity contribution in [3.05, 3.63) is 53.8 Å². The molecule has 39 heavy (non-hydrogen) atoms. The molecule has 10 atom stereocenters. The first-order valence-corrected chi connectivity index (χ1v) is 12.2. The number of fused-ring (bicyclic) bond motifs is 1. The third-order valence-corrected chi connectivity index (χ3v) is 7.34. The lowest BCUT2D eigenvalue weighted by molar-refractivity contribution is -0.352. The molecule has 2 heterocycles. The molecule has 214 valence electrons. The van der Waals surface area contributed by atoms with Crippen LogP contribution in [0, 0.1) is 5.92 Å². The van der Waals surface area contributed by atoms with Crippen LogP contribution in [0.15, 0.2) is 48.2 Å². The van der Waals surface area contributed by atoms with Gasteiger partial charge >= 0.3 is 11.9 Å². The quantitative estimate of drug-likeness (QED) is 0.166. The van der Waals surface area contributed by atoms with Crippen LogP contribution < -0.4 is 0 Å². The van der Waals surface area contributed by atoms with Gasteiger partial charge in [-0.25, -0.2) is 9.59 Å². The van der Waals surface area contributed by atoms with Gasteiger partial charge in [-0.15, -0.1) is 0 Å². The second-order valence-corrected chi connectivity index (χ2v) is 9.86. The van der Waals surface area contributed by atoms with Gasteiger partial charge in [0.2, 0.25) is 6.29 Å². The van der Waals surface area contributed by atoms with Crippen LogP contribution in [-0.4, -0.2) is 111 Å². The number of carbonyl (C=O) groups is 2. The fourth-order valence-electron chi connectivity index (χ4n) is 5.22. The van der Waals surface area contributed by atoms with Gasteiger partial charge in [-0.1, -0.05) is 30.3 Å². The van der Waals surface area contributed by atoms with Gasteiger partial charge in [0.1, 0.15) is 47.3 Å². The molecule has 0 spiro atoms. The molecule has 0 unspecified atom stereocenters. The lowest BCUT2D eigenvalue weighted by Gasteiger charge is -2.46. The minimum atomic E-state index is -2.19. The molecule has 1 saturated carbocycles. The number of ether oxygens (including phenoxy) is 5. The van der Waals surface area contributed by atoms with Crippen molar-refractivity contribution in [1.29, 1.82) is 0 Å². The zero-order valence-corrected chi connectivity index (χ0v) is 21.2. The Hall–Kier alpha value is -2.88. The van der Waals surface area contributed by atoms with E-state index >= 15 is 0 Å². The Labute approximate surface area is 223 Å². The average molecular weight is 553 g/mol. The zero-order valence-electron chi connectivity index (χ0n) is 21.2. The zero-order chi connectivity index (χ0) is 28.5. The molecule has 6 N–H and O–H groups in total. The number of methoxy groups -OCH3 is 1. The van der Waals surface area contributed by atoms with Crippen LogP contribution in [0.3, 0.4) is 0 Å². The van der Waals surface area contributed by atoms with Crippen molar-refractivity contribution in [2.75, 3.05) is 13.7 Å². The molecule has 3 aliphatic rings. The number of esters is 2. The van der Waals surface area contributed by atoms with Gasteiger partial charge in [-0.2, -0.15) is 0 Å². The monoisotopic (exact) mass is 552 g/mol. The van der Waals surface area contributed by atoms with Gasteiger partial charge in [0.05, 0.1) is 25.9 Å². The number of hydrogen-bond donors (Lipinski definition) is 6. The average Bonchev–Trinajstić information content (AvgIpc) is 3.12. The Morgan fingerprint density at radius 3 is 2.41 bits per heavy atom. The van der Waals surface area contributed by atoms with Crippen molar-refractivity contribution < 1.29 is 63.9 Å². The van der Waals surface area contributed by atoms with Crippen molar-refractivity contribution in [1.82, 2.24) is 0 Å². The van der Waals surface area contributed by atoms with E-state index in [9.17, 15) is 40.2 Å². The van der Waals surface area contributed by atoms with Crippen molar-refractivity contribution in [2.45, 2.75) is 67.6 Å². The van der Waals surface area contributed by atoms with E-state index in [0.29, 0.717) is 0 Å². The first-order chi connectivity index (χ1) is 18.4. The summed E-state index contributed by atoms with van der Waals surface area (Å²) >= 11 is 0. The van der Waals surface area contributed by atoms with E-state index in [0.717, 1.165) is 25.0 Å². The molecule has 1 aliphatic carbocycles. The van der Waals surface area contributed by atoms with Crippen LogP contribution in [0.2, 0.25) is 0 Å². The number of benzene rings is 1. The summed E-state index contributed by atoms with van der Waals surface area (Å²) in [7, 11) is 1.08. The van der Waals surface area contributed by atoms with E-state index in [-0.39, 0.29) is 5.57 Å². The van der Waals surface area contributed by atoms with Gasteiger partial charge in [0.15, 0.2) is 6.29 Å². The molecule has 0 aromatic heterocycles. The van der Waals surface area contributed by atoms with Gasteiger partial charge in [-0.3, -0.25) is 0 Å². The van der Waals surface area contributed by atoms with Crippen molar-refractivity contribution in [3.8, 4) is 0 Å². The van der Waals surface area contributed by atoms with E-state index < -0.39 is 85.2 Å². The van der Waals surface area contributed by atoms with Gasteiger partial charge < -0.3 is 54.3 Å². The lowest BCUT2D eigenvalue weighted by atomic mass is 9.77. The molecule has 1 saturated heterocycles. The lowest BCUT2D eigenvalue weighted by Crippen LogP contribution is -2.62. The van der Waals surface area contributed by atoms with Crippen LogP contribution in [0.1, 0.15) is 18.9 Å². The topological polar surface area (TPSA) is 202 Å². The number of aliphatic hydroxyl groups is 6. The summed E-state index contributed by atoms with van der Waals surface area (Å²) in [5, 5.41) is 63.3. The van der Waals surface area contributed by atoms with Gasteiger partial charge in [0.25, 0.3) is 0 Å². The third kappa shape index (κ3) is 5.44. The predicted molar refractivity (Wildman–Crippen MR) is 129 cm³/mol. The Bertz CT molecular complexity index is 1100. The smallest absolute Gasteiger partial charge is 0.339 e. The molecule has 2 fully saturated rings. The van der Waals surface area contributed by atoms with Crippen molar-refractivity contribution in [3.63, 3.8) is 0 Å². The van der Waals surface area contributed by atoms with Gasteiger partial charge in [0, 0.05) is 12.5 Å². The summed E-state index contributed by atoms with van der Waals surface area (Å²) in [5.74, 6) is -3.31. The number of aliphatic hydroxyl groups excluding tert-OH is 4. The highest BCUT2D eigenvalue weighted by atomic mass is 16.8.